The fourth-order valence-corrected chi connectivity index (χ4v) is 1.78. The number of rotatable bonds is 7. The molecular formula is C12H22N4O. The average molecular weight is 238 g/mol. The van der Waals surface area contributed by atoms with Crippen molar-refractivity contribution in [2.24, 2.45) is 5.41 Å². The van der Waals surface area contributed by atoms with E-state index in [9.17, 15) is 0 Å². The Morgan fingerprint density at radius 1 is 1.35 bits per heavy atom. The topological polar surface area (TPSA) is 63.0 Å². The van der Waals surface area contributed by atoms with Crippen LogP contribution in [0.1, 0.15) is 45.9 Å². The highest BCUT2D eigenvalue weighted by atomic mass is 16.4. The molecule has 96 valence electrons. The summed E-state index contributed by atoms with van der Waals surface area (Å²) in [7, 11) is 0. The van der Waals surface area contributed by atoms with E-state index in [2.05, 4.69) is 41.6 Å². The van der Waals surface area contributed by atoms with Gasteiger partial charge in [0, 0.05) is 12.6 Å². The Hall–Kier alpha value is -1.10. The quantitative estimate of drug-likeness (QED) is 0.762. The lowest BCUT2D eigenvalue weighted by Crippen LogP contribution is -2.21. The molecule has 2 rings (SSSR count). The second-order valence-electron chi connectivity index (χ2n) is 5.24. The molecule has 0 amide bonds. The smallest absolute Gasteiger partial charge is 0.315 e. The van der Waals surface area contributed by atoms with Crippen LogP contribution < -0.4 is 10.6 Å². The van der Waals surface area contributed by atoms with Gasteiger partial charge in [-0.15, -0.1) is 5.10 Å². The molecule has 0 spiro atoms. The molecule has 0 aliphatic heterocycles. The summed E-state index contributed by atoms with van der Waals surface area (Å²) in [4.78, 5) is 0. The maximum absolute atomic E-state index is 5.51. The van der Waals surface area contributed by atoms with Gasteiger partial charge in [-0.1, -0.05) is 25.9 Å². The second-order valence-corrected chi connectivity index (χ2v) is 5.24. The van der Waals surface area contributed by atoms with Crippen molar-refractivity contribution in [1.82, 2.24) is 15.5 Å². The number of aromatic nitrogens is 2. The first-order valence-electron chi connectivity index (χ1n) is 6.43. The summed E-state index contributed by atoms with van der Waals surface area (Å²) in [6.07, 6.45) is 3.84. The first-order chi connectivity index (χ1) is 8.13. The molecule has 1 aliphatic carbocycles. The van der Waals surface area contributed by atoms with E-state index in [-0.39, 0.29) is 0 Å². The second kappa shape index (κ2) is 5.04. The fraction of sp³-hybridized carbons (Fsp3) is 0.833. The highest BCUT2D eigenvalue weighted by Crippen LogP contribution is 2.48. The van der Waals surface area contributed by atoms with Crippen LogP contribution in [-0.4, -0.2) is 22.8 Å². The van der Waals surface area contributed by atoms with E-state index in [1.165, 1.54) is 19.3 Å². The zero-order chi connectivity index (χ0) is 12.3. The van der Waals surface area contributed by atoms with Gasteiger partial charge in [-0.2, -0.15) is 0 Å². The Morgan fingerprint density at radius 2 is 2.12 bits per heavy atom. The molecule has 5 heteroatoms. The Bertz CT molecular complexity index is 357. The van der Waals surface area contributed by atoms with Gasteiger partial charge in [-0.25, -0.2) is 0 Å². The highest BCUT2D eigenvalue weighted by Gasteiger charge is 2.40. The highest BCUT2D eigenvalue weighted by molar-refractivity contribution is 5.19. The van der Waals surface area contributed by atoms with Gasteiger partial charge < -0.3 is 15.1 Å². The standard InChI is InChI=1S/C12H22N4O/c1-4-12(5-6-12)8-14-11-16-15-10(17-11)7-13-9(2)3/h9,13H,4-8H2,1-3H3,(H,14,16). The summed E-state index contributed by atoms with van der Waals surface area (Å²) in [5.41, 5.74) is 0.491. The van der Waals surface area contributed by atoms with E-state index in [1.807, 2.05) is 0 Å². The molecule has 0 bridgehead atoms. The van der Waals surface area contributed by atoms with Crippen LogP contribution in [0.5, 0.6) is 0 Å². The van der Waals surface area contributed by atoms with Gasteiger partial charge in [0.1, 0.15) is 0 Å². The van der Waals surface area contributed by atoms with Crippen molar-refractivity contribution in [3.05, 3.63) is 5.89 Å². The Kier molecular flexibility index (Phi) is 3.66. The predicted molar refractivity (Wildman–Crippen MR) is 66.7 cm³/mol. The zero-order valence-electron chi connectivity index (χ0n) is 10.9. The molecule has 1 saturated carbocycles. The van der Waals surface area contributed by atoms with Crippen molar-refractivity contribution in [3.8, 4) is 0 Å². The molecule has 0 aromatic carbocycles. The summed E-state index contributed by atoms with van der Waals surface area (Å²) in [5, 5.41) is 14.5. The number of nitrogens with zero attached hydrogens (tertiary/aromatic N) is 2. The maximum Gasteiger partial charge on any atom is 0.315 e. The van der Waals surface area contributed by atoms with E-state index in [0.717, 1.165) is 6.54 Å². The van der Waals surface area contributed by atoms with E-state index in [0.29, 0.717) is 29.9 Å². The Labute approximate surface area is 102 Å². The molecule has 0 unspecified atom stereocenters. The van der Waals surface area contributed by atoms with Crippen LogP contribution in [0.4, 0.5) is 6.01 Å². The van der Waals surface area contributed by atoms with Crippen LogP contribution in [0.2, 0.25) is 0 Å². The summed E-state index contributed by atoms with van der Waals surface area (Å²) in [5.74, 6) is 0.641. The number of hydrogen-bond acceptors (Lipinski definition) is 5. The SMILES string of the molecule is CCC1(CNc2nnc(CNC(C)C)o2)CC1. The number of nitrogens with one attached hydrogen (secondary N) is 2. The summed E-state index contributed by atoms with van der Waals surface area (Å²) in [6.45, 7) is 8.00. The van der Waals surface area contributed by atoms with Crippen LogP contribution in [0.3, 0.4) is 0 Å². The normalized spacial score (nSPS) is 17.4. The van der Waals surface area contributed by atoms with Gasteiger partial charge in [0.25, 0.3) is 0 Å². The van der Waals surface area contributed by atoms with E-state index >= 15 is 0 Å². The van der Waals surface area contributed by atoms with E-state index in [4.69, 9.17) is 4.42 Å². The molecule has 2 N–H and O–H groups in total. The molecule has 1 aliphatic rings. The maximum atomic E-state index is 5.51. The molecule has 17 heavy (non-hydrogen) atoms. The predicted octanol–water partition coefficient (Wildman–Crippen LogP) is 2.17. The first kappa shape index (κ1) is 12.4. The molecule has 0 saturated heterocycles. The van der Waals surface area contributed by atoms with Crippen molar-refractivity contribution < 1.29 is 4.42 Å². The minimum atomic E-state index is 0.424. The zero-order valence-corrected chi connectivity index (χ0v) is 10.9. The summed E-state index contributed by atoms with van der Waals surface area (Å²) >= 11 is 0. The van der Waals surface area contributed by atoms with Crippen molar-refractivity contribution >= 4 is 6.01 Å². The van der Waals surface area contributed by atoms with Gasteiger partial charge >= 0.3 is 6.01 Å². The molecule has 0 atom stereocenters. The molecular weight excluding hydrogens is 216 g/mol. The van der Waals surface area contributed by atoms with Crippen molar-refractivity contribution in [3.63, 3.8) is 0 Å². The third-order valence-corrected chi connectivity index (χ3v) is 3.45. The lowest BCUT2D eigenvalue weighted by molar-refractivity contribution is 0.450. The number of hydrogen-bond donors (Lipinski definition) is 2. The minimum absolute atomic E-state index is 0.424. The van der Waals surface area contributed by atoms with Crippen LogP contribution in [-0.2, 0) is 6.54 Å². The Balaban J connectivity index is 1.78. The molecule has 1 heterocycles. The van der Waals surface area contributed by atoms with Gasteiger partial charge in [-0.3, -0.25) is 0 Å². The third-order valence-electron chi connectivity index (χ3n) is 3.45. The van der Waals surface area contributed by atoms with Crippen LogP contribution in [0.15, 0.2) is 4.42 Å². The molecule has 1 aromatic rings. The summed E-state index contributed by atoms with van der Waals surface area (Å²) in [6, 6.07) is 0.971. The van der Waals surface area contributed by atoms with Crippen LogP contribution in [0.25, 0.3) is 0 Å². The largest absolute Gasteiger partial charge is 0.407 e. The molecule has 1 fully saturated rings. The molecule has 1 aromatic heterocycles. The van der Waals surface area contributed by atoms with E-state index < -0.39 is 0 Å². The molecule has 0 radical (unpaired) electrons. The lowest BCUT2D eigenvalue weighted by atomic mass is 10.0. The average Bonchev–Trinajstić information content (AvgIpc) is 2.96. The third kappa shape index (κ3) is 3.43. The van der Waals surface area contributed by atoms with Crippen LogP contribution >= 0.6 is 0 Å². The van der Waals surface area contributed by atoms with Gasteiger partial charge in [0.2, 0.25) is 5.89 Å². The monoisotopic (exact) mass is 238 g/mol. The van der Waals surface area contributed by atoms with Crippen molar-refractivity contribution in [2.45, 2.75) is 52.6 Å². The summed E-state index contributed by atoms with van der Waals surface area (Å²) < 4.78 is 5.51. The van der Waals surface area contributed by atoms with Crippen LogP contribution in [0, 0.1) is 5.41 Å². The lowest BCUT2D eigenvalue weighted by Gasteiger charge is -2.11. The minimum Gasteiger partial charge on any atom is -0.407 e. The fourth-order valence-electron chi connectivity index (χ4n) is 1.78. The van der Waals surface area contributed by atoms with Gasteiger partial charge in [0.05, 0.1) is 6.54 Å². The van der Waals surface area contributed by atoms with Gasteiger partial charge in [0.15, 0.2) is 0 Å². The van der Waals surface area contributed by atoms with E-state index in [1.54, 1.807) is 0 Å². The van der Waals surface area contributed by atoms with Gasteiger partial charge in [-0.05, 0) is 24.7 Å². The first-order valence-corrected chi connectivity index (χ1v) is 6.43. The number of anilines is 1. The van der Waals surface area contributed by atoms with Crippen molar-refractivity contribution in [2.75, 3.05) is 11.9 Å². The molecule has 5 nitrogen and oxygen atoms in total. The Morgan fingerprint density at radius 3 is 2.71 bits per heavy atom. The van der Waals surface area contributed by atoms with Crippen molar-refractivity contribution in [1.29, 1.82) is 0 Å².